The Balaban J connectivity index is 3.05. The highest BCUT2D eigenvalue weighted by Crippen LogP contribution is 2.33. The maximum Gasteiger partial charge on any atom is 0.329 e. The van der Waals surface area contributed by atoms with Crippen LogP contribution in [0.2, 0.25) is 0 Å². The summed E-state index contributed by atoms with van der Waals surface area (Å²) >= 11 is 3.30. The summed E-state index contributed by atoms with van der Waals surface area (Å²) < 4.78 is 10.3. The summed E-state index contributed by atoms with van der Waals surface area (Å²) in [6.45, 7) is 3.40. The average Bonchev–Trinajstić information content (AvgIpc) is 2.33. The Bertz CT molecular complexity index is 150. The van der Waals surface area contributed by atoms with Gasteiger partial charge in [-0.25, -0.2) is 0 Å². The highest BCUT2D eigenvalue weighted by molar-refractivity contribution is 9.09. The summed E-state index contributed by atoms with van der Waals surface area (Å²) in [5, 5.41) is 0.897. The molecule has 0 amide bonds. The van der Waals surface area contributed by atoms with E-state index in [-0.39, 0.29) is 0 Å². The zero-order chi connectivity index (χ0) is 12.8. The van der Waals surface area contributed by atoms with Crippen LogP contribution in [0.5, 0.6) is 0 Å². The fraction of sp³-hybridized carbons (Fsp3) is 1.00. The van der Waals surface area contributed by atoms with Gasteiger partial charge in [-0.15, -0.1) is 0 Å². The number of rotatable bonds is 13. The van der Waals surface area contributed by atoms with Crippen molar-refractivity contribution in [3.05, 3.63) is 0 Å². The molecular weight excluding hydrogens is 303 g/mol. The zero-order valence-electron chi connectivity index (χ0n) is 10.9. The summed E-state index contributed by atoms with van der Waals surface area (Å²) in [5.74, 6) is 0. The largest absolute Gasteiger partial charge is 0.329 e. The van der Waals surface area contributed by atoms with Crippen molar-refractivity contribution in [2.45, 2.75) is 58.3 Å². The topological polar surface area (TPSA) is 38.7 Å². The second-order valence-corrected chi connectivity index (χ2v) is 5.85. The van der Waals surface area contributed by atoms with Crippen LogP contribution in [-0.2, 0) is 9.05 Å². The molecule has 0 bridgehead atoms. The van der Waals surface area contributed by atoms with Crippen LogP contribution in [0.4, 0.5) is 0 Å². The summed E-state index contributed by atoms with van der Waals surface area (Å²) in [7, 11) is -1.64. The van der Waals surface area contributed by atoms with Gasteiger partial charge in [0.15, 0.2) is 0 Å². The first kappa shape index (κ1) is 17.8. The second-order valence-electron chi connectivity index (χ2n) is 4.07. The molecule has 0 fully saturated rings. The molecule has 0 saturated carbocycles. The molecule has 0 aromatic carbocycles. The van der Waals surface area contributed by atoms with Gasteiger partial charge in [-0.1, -0.05) is 61.4 Å². The van der Waals surface area contributed by atoms with Gasteiger partial charge in [0.2, 0.25) is 0 Å². The monoisotopic (exact) mass is 328 g/mol. The van der Waals surface area contributed by atoms with Crippen LogP contribution in [0.3, 0.4) is 0 Å². The predicted octanol–water partition coefficient (Wildman–Crippen LogP) is 4.77. The molecule has 3 nitrogen and oxygen atoms in total. The highest BCUT2D eigenvalue weighted by atomic mass is 79.9. The molecule has 0 heterocycles. The molecule has 1 atom stereocenters. The van der Waals surface area contributed by atoms with Gasteiger partial charge in [0.25, 0.3) is 0 Å². The van der Waals surface area contributed by atoms with E-state index in [2.05, 4.69) is 22.9 Å². The van der Waals surface area contributed by atoms with Gasteiger partial charge >= 0.3 is 8.60 Å². The lowest BCUT2D eigenvalue weighted by Crippen LogP contribution is -1.95. The molecule has 17 heavy (non-hydrogen) atoms. The summed E-state index contributed by atoms with van der Waals surface area (Å²) in [6, 6.07) is 0. The maximum absolute atomic E-state index is 9.35. The Labute approximate surface area is 115 Å². The Morgan fingerprint density at radius 2 is 1.41 bits per heavy atom. The molecular formula is C12H26BrO3P. The first-order valence-corrected chi connectivity index (χ1v) is 8.87. The Hall–Kier alpha value is 0.790. The smallest absolute Gasteiger partial charge is 0.328 e. The molecule has 5 heteroatoms. The van der Waals surface area contributed by atoms with E-state index in [4.69, 9.17) is 9.05 Å². The van der Waals surface area contributed by atoms with E-state index in [0.29, 0.717) is 13.2 Å². The molecule has 0 spiro atoms. The van der Waals surface area contributed by atoms with E-state index < -0.39 is 8.60 Å². The fourth-order valence-corrected chi connectivity index (χ4v) is 2.31. The van der Waals surface area contributed by atoms with Crippen LogP contribution in [0.1, 0.15) is 58.3 Å². The minimum atomic E-state index is -1.64. The van der Waals surface area contributed by atoms with Crippen LogP contribution in [-0.4, -0.2) is 23.4 Å². The van der Waals surface area contributed by atoms with Crippen LogP contribution in [0.15, 0.2) is 0 Å². The third kappa shape index (κ3) is 14.7. The van der Waals surface area contributed by atoms with Gasteiger partial charge in [0.1, 0.15) is 0 Å². The zero-order valence-corrected chi connectivity index (χ0v) is 13.3. The van der Waals surface area contributed by atoms with E-state index in [1.807, 2.05) is 0 Å². The minimum Gasteiger partial charge on any atom is -0.328 e. The van der Waals surface area contributed by atoms with E-state index in [1.165, 1.54) is 38.5 Å². The molecule has 1 N–H and O–H groups in total. The molecule has 0 saturated heterocycles. The van der Waals surface area contributed by atoms with Crippen molar-refractivity contribution in [3.63, 3.8) is 0 Å². The number of unbranched alkanes of at least 4 members (excludes halogenated alkanes) is 6. The van der Waals surface area contributed by atoms with Crippen molar-refractivity contribution in [2.24, 2.45) is 0 Å². The van der Waals surface area contributed by atoms with E-state index >= 15 is 0 Å². The molecule has 0 rings (SSSR count). The van der Waals surface area contributed by atoms with Crippen molar-refractivity contribution >= 4 is 24.5 Å². The average molecular weight is 329 g/mol. The van der Waals surface area contributed by atoms with Crippen molar-refractivity contribution < 1.29 is 13.9 Å². The number of hydrogen-bond acceptors (Lipinski definition) is 3. The van der Waals surface area contributed by atoms with E-state index in [9.17, 15) is 4.89 Å². The number of alkyl halides is 1. The number of hydrogen-bond donors (Lipinski definition) is 1. The minimum absolute atomic E-state index is 0.560. The van der Waals surface area contributed by atoms with Crippen molar-refractivity contribution in [2.75, 3.05) is 18.5 Å². The lowest BCUT2D eigenvalue weighted by molar-refractivity contribution is 0.197. The SMILES string of the molecule is CCCCCCCCCOP(O)OCCCBr. The summed E-state index contributed by atoms with van der Waals surface area (Å²) in [4.78, 5) is 9.35. The van der Waals surface area contributed by atoms with Crippen molar-refractivity contribution in [1.29, 1.82) is 0 Å². The highest BCUT2D eigenvalue weighted by Gasteiger charge is 2.05. The lowest BCUT2D eigenvalue weighted by atomic mass is 10.1. The van der Waals surface area contributed by atoms with Gasteiger partial charge in [-0.3, -0.25) is 0 Å². The molecule has 1 unspecified atom stereocenters. The van der Waals surface area contributed by atoms with Gasteiger partial charge in [0, 0.05) is 5.33 Å². The van der Waals surface area contributed by atoms with Crippen LogP contribution < -0.4 is 0 Å². The Morgan fingerprint density at radius 3 is 2.00 bits per heavy atom. The molecule has 0 aliphatic heterocycles. The van der Waals surface area contributed by atoms with Gasteiger partial charge in [-0.05, 0) is 12.8 Å². The fourth-order valence-electron chi connectivity index (χ4n) is 1.44. The second kappa shape index (κ2) is 14.8. The molecule has 0 radical (unpaired) electrons. The van der Waals surface area contributed by atoms with Gasteiger partial charge in [-0.2, -0.15) is 0 Å². The summed E-state index contributed by atoms with van der Waals surface area (Å²) in [5.41, 5.74) is 0. The third-order valence-electron chi connectivity index (χ3n) is 2.43. The standard InChI is InChI=1S/C12H26BrO3P/c1-2-3-4-5-6-7-8-11-15-17(14)16-12-9-10-13/h14H,2-12H2,1H3. The molecule has 0 aliphatic carbocycles. The molecule has 0 aromatic rings. The number of halogens is 1. The Morgan fingerprint density at radius 1 is 0.882 bits per heavy atom. The van der Waals surface area contributed by atoms with E-state index in [0.717, 1.165) is 18.2 Å². The predicted molar refractivity (Wildman–Crippen MR) is 77.4 cm³/mol. The normalized spacial score (nSPS) is 12.9. The van der Waals surface area contributed by atoms with Gasteiger partial charge < -0.3 is 13.9 Å². The van der Waals surface area contributed by atoms with Crippen LogP contribution >= 0.6 is 24.5 Å². The first-order valence-electron chi connectivity index (χ1n) is 6.62. The summed E-state index contributed by atoms with van der Waals surface area (Å²) in [6.07, 6.45) is 9.70. The Kier molecular flexibility index (Phi) is 15.5. The van der Waals surface area contributed by atoms with Crippen LogP contribution in [0.25, 0.3) is 0 Å². The lowest BCUT2D eigenvalue weighted by Gasteiger charge is -2.09. The third-order valence-corrected chi connectivity index (χ3v) is 3.80. The van der Waals surface area contributed by atoms with Gasteiger partial charge in [0.05, 0.1) is 13.2 Å². The van der Waals surface area contributed by atoms with E-state index in [1.54, 1.807) is 0 Å². The molecule has 0 aromatic heterocycles. The van der Waals surface area contributed by atoms with Crippen molar-refractivity contribution in [1.82, 2.24) is 0 Å². The van der Waals surface area contributed by atoms with Crippen LogP contribution in [0, 0.1) is 0 Å². The van der Waals surface area contributed by atoms with Crippen molar-refractivity contribution in [3.8, 4) is 0 Å². The maximum atomic E-state index is 9.35. The molecule has 104 valence electrons. The quantitative estimate of drug-likeness (QED) is 0.300. The first-order chi connectivity index (χ1) is 8.31. The molecule has 0 aliphatic rings.